The highest BCUT2D eigenvalue weighted by Crippen LogP contribution is 1.60. The highest BCUT2D eigenvalue weighted by Gasteiger charge is 1.81. The van der Waals surface area contributed by atoms with Crippen molar-refractivity contribution in [3.8, 4) is 0 Å². The number of H-pyrrole nitrogens is 1. The number of nitrogens with one attached hydrogen (secondary N) is 1. The van der Waals surface area contributed by atoms with Crippen LogP contribution >= 0.6 is 0 Å². The van der Waals surface area contributed by atoms with Gasteiger partial charge in [-0.25, -0.2) is 9.47 Å². The highest BCUT2D eigenvalue weighted by molar-refractivity contribution is 4.73. The molecule has 0 fully saturated rings. The molecule has 3 N–H and O–H groups in total. The lowest BCUT2D eigenvalue weighted by atomic mass is 11.0. The molecule has 0 aliphatic rings. The van der Waals surface area contributed by atoms with Crippen LogP contribution < -0.4 is 11.5 Å². The number of imidazole rings is 1. The number of aromatic amines is 1. The van der Waals surface area contributed by atoms with Crippen molar-refractivity contribution in [2.45, 2.75) is 0 Å². The lowest BCUT2D eigenvalue weighted by Gasteiger charge is -1.78. The summed E-state index contributed by atoms with van der Waals surface area (Å²) in [4.78, 5) is 12.6. The minimum absolute atomic E-state index is 0.292. The van der Waals surface area contributed by atoms with Gasteiger partial charge in [-0.2, -0.15) is 0 Å². The van der Waals surface area contributed by atoms with Crippen molar-refractivity contribution < 1.29 is 0 Å². The average Bonchev–Trinajstić information content (AvgIpc) is 1.91. The van der Waals surface area contributed by atoms with Crippen LogP contribution in [0.3, 0.4) is 0 Å². The topological polar surface area (TPSA) is 63.8 Å². The van der Waals surface area contributed by atoms with E-state index in [-0.39, 0.29) is 5.69 Å². The fourth-order valence-electron chi connectivity index (χ4n) is 0.331. The molecule has 0 radical (unpaired) electrons. The third kappa shape index (κ3) is 0.489. The van der Waals surface area contributed by atoms with E-state index in [1.165, 1.54) is 12.4 Å². The van der Waals surface area contributed by atoms with E-state index in [1.807, 2.05) is 0 Å². The zero-order chi connectivity index (χ0) is 5.28. The summed E-state index contributed by atoms with van der Waals surface area (Å²) in [5.74, 6) is 5.01. The Morgan fingerprint density at radius 3 is 2.71 bits per heavy atom. The third-order valence-electron chi connectivity index (χ3n) is 0.676. The molecule has 1 heterocycles. The molecule has 7 heavy (non-hydrogen) atoms. The lowest BCUT2D eigenvalue weighted by Crippen LogP contribution is -2.22. The van der Waals surface area contributed by atoms with E-state index in [0.717, 1.165) is 4.68 Å². The summed E-state index contributed by atoms with van der Waals surface area (Å²) in [7, 11) is 0. The van der Waals surface area contributed by atoms with Gasteiger partial charge in [0.2, 0.25) is 0 Å². The second kappa shape index (κ2) is 1.14. The Hall–Kier alpha value is -1.19. The Kier molecular flexibility index (Phi) is 0.651. The van der Waals surface area contributed by atoms with Crippen molar-refractivity contribution in [1.29, 1.82) is 0 Å². The number of hydrogen-bond acceptors (Lipinski definition) is 2. The molecule has 0 saturated heterocycles. The first-order valence-electron chi connectivity index (χ1n) is 1.82. The largest absolute Gasteiger partial charge is 0.343 e. The van der Waals surface area contributed by atoms with Gasteiger partial charge < -0.3 is 10.8 Å². The van der Waals surface area contributed by atoms with E-state index in [0.29, 0.717) is 0 Å². The third-order valence-corrected chi connectivity index (χ3v) is 0.676. The van der Waals surface area contributed by atoms with Crippen molar-refractivity contribution in [3.63, 3.8) is 0 Å². The maximum atomic E-state index is 10.2. The molecule has 0 spiro atoms. The molecule has 1 rings (SSSR count). The van der Waals surface area contributed by atoms with Gasteiger partial charge in [-0.05, 0) is 0 Å². The Morgan fingerprint density at radius 2 is 2.57 bits per heavy atom. The van der Waals surface area contributed by atoms with Crippen LogP contribution in [-0.4, -0.2) is 9.66 Å². The minimum atomic E-state index is -0.292. The van der Waals surface area contributed by atoms with Gasteiger partial charge >= 0.3 is 5.69 Å². The Labute approximate surface area is 39.5 Å². The van der Waals surface area contributed by atoms with Crippen LogP contribution in [0.1, 0.15) is 0 Å². The molecule has 0 saturated carbocycles. The Bertz CT molecular complexity index is 198. The van der Waals surface area contributed by atoms with Gasteiger partial charge in [-0.15, -0.1) is 0 Å². The van der Waals surface area contributed by atoms with Crippen LogP contribution in [0.25, 0.3) is 0 Å². The summed E-state index contributed by atoms with van der Waals surface area (Å²) in [5, 5.41) is 0. The molecule has 1 aromatic rings. The Morgan fingerprint density at radius 1 is 1.86 bits per heavy atom. The zero-order valence-corrected chi connectivity index (χ0v) is 3.59. The molecular weight excluding hydrogens is 94.1 g/mol. The molecule has 0 aliphatic heterocycles. The molecule has 4 nitrogen and oxygen atoms in total. The van der Waals surface area contributed by atoms with E-state index in [1.54, 1.807) is 0 Å². The number of nitrogen functional groups attached to an aromatic ring is 1. The molecule has 0 atom stereocenters. The first-order chi connectivity index (χ1) is 3.30. The van der Waals surface area contributed by atoms with Gasteiger partial charge in [0, 0.05) is 12.4 Å². The average molecular weight is 99.1 g/mol. The fourth-order valence-corrected chi connectivity index (χ4v) is 0.331. The van der Waals surface area contributed by atoms with Gasteiger partial charge in [0.15, 0.2) is 0 Å². The van der Waals surface area contributed by atoms with Crippen molar-refractivity contribution in [1.82, 2.24) is 9.66 Å². The van der Waals surface area contributed by atoms with Crippen LogP contribution in [0, 0.1) is 0 Å². The van der Waals surface area contributed by atoms with Crippen molar-refractivity contribution >= 4 is 0 Å². The van der Waals surface area contributed by atoms with E-state index in [2.05, 4.69) is 4.98 Å². The van der Waals surface area contributed by atoms with Gasteiger partial charge in [-0.1, -0.05) is 0 Å². The second-order valence-electron chi connectivity index (χ2n) is 1.17. The number of hydrogen-bond donors (Lipinski definition) is 2. The van der Waals surface area contributed by atoms with Crippen molar-refractivity contribution in [2.24, 2.45) is 0 Å². The second-order valence-corrected chi connectivity index (χ2v) is 1.17. The molecule has 0 bridgehead atoms. The quantitative estimate of drug-likeness (QED) is 0.405. The number of aromatic nitrogens is 2. The summed E-state index contributed by atoms with van der Waals surface area (Å²) in [6.07, 6.45) is 2.92. The van der Waals surface area contributed by atoms with E-state index >= 15 is 0 Å². The van der Waals surface area contributed by atoms with Crippen LogP contribution in [-0.2, 0) is 0 Å². The molecule has 38 valence electrons. The molecule has 1 aromatic heterocycles. The Balaban J connectivity index is 3.39. The summed E-state index contributed by atoms with van der Waals surface area (Å²) in [6.45, 7) is 0. The number of rotatable bonds is 0. The van der Waals surface area contributed by atoms with Gasteiger partial charge in [0.1, 0.15) is 0 Å². The lowest BCUT2D eigenvalue weighted by molar-refractivity contribution is 0.937. The van der Waals surface area contributed by atoms with Gasteiger partial charge in [-0.3, -0.25) is 0 Å². The normalized spacial score (nSPS) is 9.14. The number of nitrogens with zero attached hydrogens (tertiary/aromatic N) is 1. The van der Waals surface area contributed by atoms with E-state index in [9.17, 15) is 4.79 Å². The van der Waals surface area contributed by atoms with Crippen LogP contribution in [0.5, 0.6) is 0 Å². The predicted octanol–water partition coefficient (Wildman–Crippen LogP) is -1.11. The molecule has 0 amide bonds. The maximum Gasteiger partial charge on any atom is 0.343 e. The molecular formula is C3H5N3O. The van der Waals surface area contributed by atoms with E-state index in [4.69, 9.17) is 5.84 Å². The minimum Gasteiger partial charge on any atom is -0.335 e. The number of nitrogens with two attached hydrogens (primary N) is 1. The SMILES string of the molecule is Nn1cc[nH]c1=O. The standard InChI is InChI=1S/C3H5N3O/c4-6-2-1-5-3(6)7/h1-2H,4H2,(H,5,7). The summed E-state index contributed by atoms with van der Waals surface area (Å²) in [6, 6.07) is 0. The molecule has 0 unspecified atom stereocenters. The predicted molar refractivity (Wildman–Crippen MR) is 25.2 cm³/mol. The first kappa shape index (κ1) is 3.98. The zero-order valence-electron chi connectivity index (χ0n) is 3.59. The monoisotopic (exact) mass is 99.0 g/mol. The highest BCUT2D eigenvalue weighted by atomic mass is 16.1. The molecule has 0 aliphatic carbocycles. The van der Waals surface area contributed by atoms with E-state index < -0.39 is 0 Å². The van der Waals surface area contributed by atoms with Crippen LogP contribution in [0.15, 0.2) is 17.2 Å². The smallest absolute Gasteiger partial charge is 0.335 e. The summed E-state index contributed by atoms with van der Waals surface area (Å²) < 4.78 is 0.972. The van der Waals surface area contributed by atoms with Crippen LogP contribution in [0.2, 0.25) is 0 Å². The van der Waals surface area contributed by atoms with Crippen molar-refractivity contribution in [3.05, 3.63) is 22.9 Å². The first-order valence-corrected chi connectivity index (χ1v) is 1.82. The molecule has 4 heteroatoms. The van der Waals surface area contributed by atoms with Crippen LogP contribution in [0.4, 0.5) is 0 Å². The van der Waals surface area contributed by atoms with Crippen molar-refractivity contribution in [2.75, 3.05) is 5.84 Å². The maximum absolute atomic E-state index is 10.2. The van der Waals surface area contributed by atoms with Gasteiger partial charge in [0.05, 0.1) is 0 Å². The van der Waals surface area contributed by atoms with Gasteiger partial charge in [0.25, 0.3) is 0 Å². The molecule has 0 aromatic carbocycles. The summed E-state index contributed by atoms with van der Waals surface area (Å²) >= 11 is 0. The fraction of sp³-hybridized carbons (Fsp3) is 0. The summed E-state index contributed by atoms with van der Waals surface area (Å²) in [5.41, 5.74) is -0.292.